The number of ether oxygens (including phenoxy) is 1. The molecule has 1 aliphatic rings. The van der Waals surface area contributed by atoms with E-state index >= 15 is 0 Å². The highest BCUT2D eigenvalue weighted by molar-refractivity contribution is 5.16. The second-order valence-electron chi connectivity index (χ2n) is 4.92. The van der Waals surface area contributed by atoms with Crippen molar-refractivity contribution in [2.45, 2.75) is 51.2 Å². The maximum Gasteiger partial charge on any atom is 0.0865 e. The van der Waals surface area contributed by atoms with E-state index in [0.717, 1.165) is 32.1 Å². The molecule has 0 aliphatic carbocycles. The van der Waals surface area contributed by atoms with Gasteiger partial charge in [0.15, 0.2) is 0 Å². The SMILES string of the molecule is C=C=C1CC[C@H](CC)O[C@@H]1CCc1ccccc1. The highest BCUT2D eigenvalue weighted by atomic mass is 16.5. The lowest BCUT2D eigenvalue weighted by molar-refractivity contribution is -0.0235. The van der Waals surface area contributed by atoms with Gasteiger partial charge in [-0.15, -0.1) is 5.73 Å². The standard InChI is InChI=1S/C17H22O/c1-3-15-11-12-16(4-2)18-17(15)13-10-14-8-6-5-7-9-14/h5-9,16-17H,1,4,10-13H2,2H3/t16-,17+/m0/s1. The molecule has 0 N–H and O–H groups in total. The largest absolute Gasteiger partial charge is 0.370 e. The van der Waals surface area contributed by atoms with Crippen LogP contribution in [0.4, 0.5) is 0 Å². The van der Waals surface area contributed by atoms with Crippen LogP contribution >= 0.6 is 0 Å². The summed E-state index contributed by atoms with van der Waals surface area (Å²) in [4.78, 5) is 0. The molecule has 1 aromatic carbocycles. The maximum absolute atomic E-state index is 6.12. The molecular formula is C17H22O. The molecule has 2 rings (SSSR count). The summed E-state index contributed by atoms with van der Waals surface area (Å²) >= 11 is 0. The number of hydrogen-bond acceptors (Lipinski definition) is 1. The van der Waals surface area contributed by atoms with Crippen molar-refractivity contribution in [1.82, 2.24) is 0 Å². The monoisotopic (exact) mass is 242 g/mol. The molecule has 0 unspecified atom stereocenters. The summed E-state index contributed by atoms with van der Waals surface area (Å²) in [5, 5.41) is 0. The Labute approximate surface area is 110 Å². The molecule has 0 bridgehead atoms. The van der Waals surface area contributed by atoms with Crippen molar-refractivity contribution in [3.8, 4) is 0 Å². The third-order valence-electron chi connectivity index (χ3n) is 3.70. The average molecular weight is 242 g/mol. The summed E-state index contributed by atoms with van der Waals surface area (Å²) in [5.74, 6) is 0. The Kier molecular flexibility index (Phi) is 4.81. The van der Waals surface area contributed by atoms with Crippen molar-refractivity contribution >= 4 is 0 Å². The van der Waals surface area contributed by atoms with Crippen LogP contribution in [0.3, 0.4) is 0 Å². The van der Waals surface area contributed by atoms with Crippen molar-refractivity contribution in [1.29, 1.82) is 0 Å². The van der Waals surface area contributed by atoms with Crippen LogP contribution in [0.2, 0.25) is 0 Å². The molecule has 0 aromatic heterocycles. The Hall–Kier alpha value is -1.30. The van der Waals surface area contributed by atoms with Crippen LogP contribution in [-0.4, -0.2) is 12.2 Å². The summed E-state index contributed by atoms with van der Waals surface area (Å²) in [6.07, 6.45) is 6.07. The van der Waals surface area contributed by atoms with Crippen molar-refractivity contribution in [2.75, 3.05) is 0 Å². The lowest BCUT2D eigenvalue weighted by Gasteiger charge is -2.31. The quantitative estimate of drug-likeness (QED) is 0.716. The fourth-order valence-electron chi connectivity index (χ4n) is 2.55. The molecule has 2 atom stereocenters. The van der Waals surface area contributed by atoms with Crippen LogP contribution in [0.15, 0.2) is 48.2 Å². The van der Waals surface area contributed by atoms with Gasteiger partial charge in [-0.1, -0.05) is 43.8 Å². The molecule has 1 aliphatic heterocycles. The minimum absolute atomic E-state index is 0.224. The predicted molar refractivity (Wildman–Crippen MR) is 75.6 cm³/mol. The molecule has 18 heavy (non-hydrogen) atoms. The van der Waals surface area contributed by atoms with Crippen LogP contribution in [0.1, 0.15) is 38.2 Å². The minimum Gasteiger partial charge on any atom is -0.370 e. The average Bonchev–Trinajstić information content (AvgIpc) is 2.45. The third kappa shape index (κ3) is 3.35. The third-order valence-corrected chi connectivity index (χ3v) is 3.70. The first kappa shape index (κ1) is 13.1. The van der Waals surface area contributed by atoms with Gasteiger partial charge in [-0.25, -0.2) is 0 Å². The van der Waals surface area contributed by atoms with Gasteiger partial charge in [0.05, 0.1) is 12.2 Å². The van der Waals surface area contributed by atoms with Crippen molar-refractivity contribution in [2.24, 2.45) is 0 Å². The zero-order chi connectivity index (χ0) is 12.8. The van der Waals surface area contributed by atoms with E-state index in [4.69, 9.17) is 4.74 Å². The molecule has 0 amide bonds. The molecular weight excluding hydrogens is 220 g/mol. The van der Waals surface area contributed by atoms with Gasteiger partial charge in [0.1, 0.15) is 0 Å². The smallest absolute Gasteiger partial charge is 0.0865 e. The Morgan fingerprint density at radius 3 is 2.78 bits per heavy atom. The van der Waals surface area contributed by atoms with Gasteiger partial charge >= 0.3 is 0 Å². The fraction of sp³-hybridized carbons (Fsp3) is 0.471. The Morgan fingerprint density at radius 2 is 2.11 bits per heavy atom. The number of rotatable bonds is 4. The van der Waals surface area contributed by atoms with Crippen LogP contribution in [-0.2, 0) is 11.2 Å². The van der Waals surface area contributed by atoms with Gasteiger partial charge in [0.25, 0.3) is 0 Å². The molecule has 0 saturated carbocycles. The summed E-state index contributed by atoms with van der Waals surface area (Å²) in [6.45, 7) is 5.99. The van der Waals surface area contributed by atoms with Gasteiger partial charge in [0.2, 0.25) is 0 Å². The van der Waals surface area contributed by atoms with Gasteiger partial charge < -0.3 is 4.74 Å². The van der Waals surface area contributed by atoms with Gasteiger partial charge in [-0.2, -0.15) is 0 Å². The maximum atomic E-state index is 6.12. The summed E-state index contributed by atoms with van der Waals surface area (Å²) in [6, 6.07) is 10.6. The second kappa shape index (κ2) is 6.58. The summed E-state index contributed by atoms with van der Waals surface area (Å²) < 4.78 is 6.12. The van der Waals surface area contributed by atoms with Crippen molar-refractivity contribution in [3.05, 3.63) is 53.8 Å². The van der Waals surface area contributed by atoms with Crippen molar-refractivity contribution in [3.63, 3.8) is 0 Å². The zero-order valence-corrected chi connectivity index (χ0v) is 11.2. The Morgan fingerprint density at radius 1 is 1.33 bits per heavy atom. The van der Waals surface area contributed by atoms with E-state index in [1.807, 2.05) is 0 Å². The highest BCUT2D eigenvalue weighted by Gasteiger charge is 2.24. The van der Waals surface area contributed by atoms with E-state index in [2.05, 4.69) is 49.6 Å². The normalized spacial score (nSPS) is 23.7. The molecule has 0 radical (unpaired) electrons. The number of benzene rings is 1. The lowest BCUT2D eigenvalue weighted by Crippen LogP contribution is -2.29. The van der Waals surface area contributed by atoms with E-state index < -0.39 is 0 Å². The van der Waals surface area contributed by atoms with Crippen LogP contribution in [0.25, 0.3) is 0 Å². The summed E-state index contributed by atoms with van der Waals surface area (Å²) in [7, 11) is 0. The van der Waals surface area contributed by atoms with Crippen molar-refractivity contribution < 1.29 is 4.74 Å². The first-order valence-corrected chi connectivity index (χ1v) is 6.91. The zero-order valence-electron chi connectivity index (χ0n) is 11.2. The van der Waals surface area contributed by atoms with E-state index in [-0.39, 0.29) is 6.10 Å². The van der Waals surface area contributed by atoms with E-state index in [1.54, 1.807) is 0 Å². The van der Waals surface area contributed by atoms with E-state index in [9.17, 15) is 0 Å². The van der Waals surface area contributed by atoms with Gasteiger partial charge in [-0.3, -0.25) is 0 Å². The number of aryl methyl sites for hydroxylation is 1. The second-order valence-corrected chi connectivity index (χ2v) is 4.92. The minimum atomic E-state index is 0.224. The van der Waals surface area contributed by atoms with Gasteiger partial charge in [0, 0.05) is 0 Å². The summed E-state index contributed by atoms with van der Waals surface area (Å²) in [5.41, 5.74) is 5.71. The topological polar surface area (TPSA) is 9.23 Å². The molecule has 1 heteroatoms. The Balaban J connectivity index is 1.95. The van der Waals surface area contributed by atoms with Crippen LogP contribution < -0.4 is 0 Å². The van der Waals surface area contributed by atoms with E-state index in [0.29, 0.717) is 6.10 Å². The Bertz CT molecular complexity index is 414. The van der Waals surface area contributed by atoms with Crippen LogP contribution in [0, 0.1) is 0 Å². The molecule has 96 valence electrons. The molecule has 1 aromatic rings. The molecule has 1 heterocycles. The first-order chi connectivity index (χ1) is 8.83. The van der Waals surface area contributed by atoms with Gasteiger partial charge in [-0.05, 0) is 43.2 Å². The molecule has 1 saturated heterocycles. The first-order valence-electron chi connectivity index (χ1n) is 6.91. The number of hydrogen-bond donors (Lipinski definition) is 0. The highest BCUT2D eigenvalue weighted by Crippen LogP contribution is 2.28. The lowest BCUT2D eigenvalue weighted by atomic mass is 9.93. The van der Waals surface area contributed by atoms with E-state index in [1.165, 1.54) is 11.1 Å². The molecule has 0 spiro atoms. The molecule has 1 nitrogen and oxygen atoms in total. The molecule has 1 fully saturated rings. The van der Waals surface area contributed by atoms with Crippen LogP contribution in [0.5, 0.6) is 0 Å². The fourth-order valence-corrected chi connectivity index (χ4v) is 2.55. The predicted octanol–water partition coefficient (Wildman–Crippen LogP) is 4.29.